The Hall–Kier alpha value is -3.92. The molecule has 2 heterocycles. The van der Waals surface area contributed by atoms with E-state index in [2.05, 4.69) is 25.1 Å². The first-order valence-electron chi connectivity index (χ1n) is 11.1. The highest BCUT2D eigenvalue weighted by Crippen LogP contribution is 2.37. The summed E-state index contributed by atoms with van der Waals surface area (Å²) < 4.78 is 33.7. The quantitative estimate of drug-likeness (QED) is 0.332. The molecule has 4 aromatic rings. The molecule has 0 radical (unpaired) electrons. The number of fused-ring (bicyclic) bond motifs is 1. The van der Waals surface area contributed by atoms with Crippen LogP contribution in [0.3, 0.4) is 0 Å². The summed E-state index contributed by atoms with van der Waals surface area (Å²) in [4.78, 5) is 13.1. The number of para-hydroxylation sites is 1. The number of rotatable bonds is 9. The smallest absolute Gasteiger partial charge is 0.319 e. The second-order valence-corrected chi connectivity index (χ2v) is 8.47. The summed E-state index contributed by atoms with van der Waals surface area (Å²) in [7, 11) is 7.59. The third kappa shape index (κ3) is 5.12. The number of hydrogen-bond donors (Lipinski definition) is 2. The number of benzene rings is 2. The first-order chi connectivity index (χ1) is 16.8. The molecule has 0 spiro atoms. The molecule has 0 atom stereocenters. The number of halogens is 2. The van der Waals surface area contributed by atoms with Gasteiger partial charge in [-0.3, -0.25) is 4.57 Å². The highest BCUT2D eigenvalue weighted by molar-refractivity contribution is 5.95. The van der Waals surface area contributed by atoms with Gasteiger partial charge < -0.3 is 25.6 Å². The van der Waals surface area contributed by atoms with Gasteiger partial charge in [0.25, 0.3) is 0 Å². The van der Waals surface area contributed by atoms with Crippen molar-refractivity contribution in [1.29, 1.82) is 0 Å². The molecule has 3 N–H and O–H groups in total. The average Bonchev–Trinajstić information content (AvgIpc) is 3.23. The van der Waals surface area contributed by atoms with Crippen LogP contribution in [-0.2, 0) is 0 Å². The Morgan fingerprint density at radius 3 is 2.60 bits per heavy atom. The lowest BCUT2D eigenvalue weighted by Gasteiger charge is -2.24. The maximum absolute atomic E-state index is 13.6. The first-order valence-corrected chi connectivity index (χ1v) is 11.1. The Kier molecular flexibility index (Phi) is 7.02. The van der Waals surface area contributed by atoms with Crippen LogP contribution < -0.4 is 20.7 Å². The zero-order valence-corrected chi connectivity index (χ0v) is 20.2. The van der Waals surface area contributed by atoms with E-state index < -0.39 is 6.55 Å². The molecule has 0 aliphatic carbocycles. The highest BCUT2D eigenvalue weighted by Gasteiger charge is 2.17. The number of likely N-dealkylation sites (N-methyl/N-ethyl adjacent to an activating group) is 2. The van der Waals surface area contributed by atoms with Crippen molar-refractivity contribution in [1.82, 2.24) is 19.4 Å². The monoisotopic (exact) mass is 481 g/mol. The minimum Gasteiger partial charge on any atom is -0.494 e. The minimum absolute atomic E-state index is 0.294. The van der Waals surface area contributed by atoms with Crippen molar-refractivity contribution in [2.45, 2.75) is 6.55 Å². The molecule has 4 rings (SSSR count). The average molecular weight is 482 g/mol. The van der Waals surface area contributed by atoms with E-state index in [0.29, 0.717) is 45.2 Å². The molecule has 0 bridgehead atoms. The predicted molar refractivity (Wildman–Crippen MR) is 137 cm³/mol. The summed E-state index contributed by atoms with van der Waals surface area (Å²) in [6, 6.07) is 12.3. The number of alkyl halides is 2. The molecule has 10 heteroatoms. The van der Waals surface area contributed by atoms with Crippen LogP contribution in [0.15, 0.2) is 54.9 Å². The molecule has 0 fully saturated rings. The van der Waals surface area contributed by atoms with Crippen LogP contribution >= 0.6 is 0 Å². The fraction of sp³-hybridized carbons (Fsp3) is 0.280. The Bertz CT molecular complexity index is 1320. The van der Waals surface area contributed by atoms with Crippen LogP contribution in [0.5, 0.6) is 5.75 Å². The van der Waals surface area contributed by atoms with Crippen LogP contribution in [0.2, 0.25) is 0 Å². The van der Waals surface area contributed by atoms with Gasteiger partial charge in [0.1, 0.15) is 5.75 Å². The number of anilines is 4. The Morgan fingerprint density at radius 1 is 1.11 bits per heavy atom. The predicted octanol–water partition coefficient (Wildman–Crippen LogP) is 4.83. The number of nitrogen functional groups attached to an aromatic ring is 1. The lowest BCUT2D eigenvalue weighted by Crippen LogP contribution is -2.29. The largest absolute Gasteiger partial charge is 0.494 e. The number of nitrogens with two attached hydrogens (primary N) is 1. The SMILES string of the molecule is COc1cc(N(C)CCN(C)C)c(N)cc1Nc1nccc(-c2cn(C(F)F)c3ccccc23)n1. The fourth-order valence-electron chi connectivity index (χ4n) is 3.91. The lowest BCUT2D eigenvalue weighted by atomic mass is 10.1. The first kappa shape index (κ1) is 24.2. The summed E-state index contributed by atoms with van der Waals surface area (Å²) >= 11 is 0. The van der Waals surface area contributed by atoms with E-state index in [-0.39, 0.29) is 0 Å². The van der Waals surface area contributed by atoms with E-state index in [1.807, 2.05) is 33.3 Å². The molecule has 0 saturated heterocycles. The van der Waals surface area contributed by atoms with Crippen molar-refractivity contribution >= 4 is 33.9 Å². The zero-order chi connectivity index (χ0) is 25.1. The molecule has 0 amide bonds. The molecule has 0 unspecified atom stereocenters. The van der Waals surface area contributed by atoms with Gasteiger partial charge in [-0.05, 0) is 32.3 Å². The second-order valence-electron chi connectivity index (χ2n) is 8.47. The number of methoxy groups -OCH3 is 1. The molecule has 35 heavy (non-hydrogen) atoms. The van der Waals surface area contributed by atoms with E-state index in [9.17, 15) is 8.78 Å². The molecule has 0 aliphatic heterocycles. The topological polar surface area (TPSA) is 84.5 Å². The molecule has 0 aliphatic rings. The van der Waals surface area contributed by atoms with Gasteiger partial charge in [0.2, 0.25) is 5.95 Å². The number of hydrogen-bond acceptors (Lipinski definition) is 7. The molecular formula is C25H29F2N7O. The molecule has 0 saturated carbocycles. The van der Waals surface area contributed by atoms with Gasteiger partial charge >= 0.3 is 6.55 Å². The number of aromatic nitrogens is 3. The molecule has 2 aromatic heterocycles. The van der Waals surface area contributed by atoms with Crippen LogP contribution in [0.25, 0.3) is 22.2 Å². The standard InChI is InChI=1S/C25H29F2N7O/c1-32(2)11-12-33(3)22-14-23(35-4)20(13-18(22)28)31-25-29-10-9-19(30-25)17-15-34(24(26)27)21-8-6-5-7-16(17)21/h5-10,13-15,24H,11-12,28H2,1-4H3,(H,29,30,31). The summed E-state index contributed by atoms with van der Waals surface area (Å²) in [6.45, 7) is -0.986. The van der Waals surface area contributed by atoms with E-state index in [1.54, 1.807) is 43.6 Å². The van der Waals surface area contributed by atoms with Crippen molar-refractivity contribution < 1.29 is 13.5 Å². The number of ether oxygens (including phenoxy) is 1. The Balaban J connectivity index is 1.66. The van der Waals surface area contributed by atoms with Gasteiger partial charge in [-0.15, -0.1) is 0 Å². The third-order valence-corrected chi connectivity index (χ3v) is 5.77. The van der Waals surface area contributed by atoms with Gasteiger partial charge in [0.05, 0.1) is 35.4 Å². The van der Waals surface area contributed by atoms with E-state index in [1.165, 1.54) is 6.20 Å². The van der Waals surface area contributed by atoms with Crippen molar-refractivity contribution in [2.75, 3.05) is 57.3 Å². The van der Waals surface area contributed by atoms with Crippen LogP contribution in [0, 0.1) is 0 Å². The van der Waals surface area contributed by atoms with Gasteiger partial charge in [0.15, 0.2) is 0 Å². The molecule has 184 valence electrons. The summed E-state index contributed by atoms with van der Waals surface area (Å²) in [5.41, 5.74) is 9.93. The van der Waals surface area contributed by atoms with Crippen molar-refractivity contribution in [3.05, 3.63) is 54.9 Å². The maximum atomic E-state index is 13.6. The van der Waals surface area contributed by atoms with Gasteiger partial charge in [0, 0.05) is 49.5 Å². The van der Waals surface area contributed by atoms with Crippen LogP contribution in [0.4, 0.5) is 31.8 Å². The van der Waals surface area contributed by atoms with Crippen LogP contribution in [0.1, 0.15) is 6.55 Å². The Morgan fingerprint density at radius 2 is 1.89 bits per heavy atom. The van der Waals surface area contributed by atoms with Gasteiger partial charge in [-0.1, -0.05) is 18.2 Å². The lowest BCUT2D eigenvalue weighted by molar-refractivity contribution is 0.0753. The Labute approximate surface area is 202 Å². The summed E-state index contributed by atoms with van der Waals surface area (Å²) in [5, 5.41) is 3.84. The highest BCUT2D eigenvalue weighted by atomic mass is 19.3. The summed E-state index contributed by atoms with van der Waals surface area (Å²) in [6.07, 6.45) is 3.00. The van der Waals surface area contributed by atoms with E-state index >= 15 is 0 Å². The van der Waals surface area contributed by atoms with Crippen LogP contribution in [-0.4, -0.2) is 60.8 Å². The zero-order valence-electron chi connectivity index (χ0n) is 20.2. The van der Waals surface area contributed by atoms with Crippen molar-refractivity contribution in [2.24, 2.45) is 0 Å². The fourth-order valence-corrected chi connectivity index (χ4v) is 3.91. The van der Waals surface area contributed by atoms with E-state index in [4.69, 9.17) is 10.5 Å². The van der Waals surface area contributed by atoms with Crippen molar-refractivity contribution in [3.63, 3.8) is 0 Å². The van der Waals surface area contributed by atoms with Gasteiger partial charge in [-0.2, -0.15) is 8.78 Å². The minimum atomic E-state index is -2.66. The number of nitrogens with zero attached hydrogens (tertiary/aromatic N) is 5. The normalized spacial score (nSPS) is 11.4. The summed E-state index contributed by atoms with van der Waals surface area (Å²) in [5.74, 6) is 0.872. The van der Waals surface area contributed by atoms with Crippen molar-refractivity contribution in [3.8, 4) is 17.0 Å². The van der Waals surface area contributed by atoms with E-state index in [0.717, 1.165) is 23.3 Å². The maximum Gasteiger partial charge on any atom is 0.319 e. The molecule has 8 nitrogen and oxygen atoms in total. The molecule has 2 aromatic carbocycles. The molecular weight excluding hydrogens is 452 g/mol. The number of nitrogens with one attached hydrogen (secondary N) is 1. The van der Waals surface area contributed by atoms with Gasteiger partial charge in [-0.25, -0.2) is 9.97 Å². The third-order valence-electron chi connectivity index (χ3n) is 5.77. The second kappa shape index (κ2) is 10.1.